The highest BCUT2D eigenvalue weighted by molar-refractivity contribution is 5.23. The van der Waals surface area contributed by atoms with E-state index in [1.54, 1.807) is 12.1 Å². The first-order chi connectivity index (χ1) is 17.1. The molecule has 0 spiro atoms. The summed E-state index contributed by atoms with van der Waals surface area (Å²) in [6, 6.07) is 6.31. The van der Waals surface area contributed by atoms with Crippen LogP contribution in [-0.4, -0.2) is 17.3 Å². The topological polar surface area (TPSA) is 29.5 Å². The summed E-state index contributed by atoms with van der Waals surface area (Å²) in [5, 5.41) is 11.0. The molecule has 0 unspecified atom stereocenters. The summed E-state index contributed by atoms with van der Waals surface area (Å²) in [5.74, 6) is 6.04. The Kier molecular flexibility index (Phi) is 7.54. The quantitative estimate of drug-likeness (QED) is 0.407. The summed E-state index contributed by atoms with van der Waals surface area (Å²) in [7, 11) is 0. The predicted octanol–water partition coefficient (Wildman–Crippen LogP) is 8.67. The van der Waals surface area contributed by atoms with Crippen molar-refractivity contribution in [2.45, 2.75) is 117 Å². The lowest BCUT2D eigenvalue weighted by Crippen LogP contribution is -2.57. The normalized spacial score (nSPS) is 42.9. The molecule has 4 aliphatic rings. The molecule has 0 aromatic heterocycles. The van der Waals surface area contributed by atoms with E-state index in [-0.39, 0.29) is 17.3 Å². The van der Waals surface area contributed by atoms with Gasteiger partial charge in [-0.3, -0.25) is 0 Å². The van der Waals surface area contributed by atoms with Crippen molar-refractivity contribution in [1.29, 1.82) is 0 Å². The van der Waals surface area contributed by atoms with Crippen molar-refractivity contribution in [2.75, 3.05) is 0 Å². The Morgan fingerprint density at radius 2 is 1.67 bits per heavy atom. The summed E-state index contributed by atoms with van der Waals surface area (Å²) >= 11 is 0. The van der Waals surface area contributed by atoms with Crippen LogP contribution in [0, 0.1) is 58.1 Å². The molecule has 36 heavy (non-hydrogen) atoms. The molecule has 3 heteroatoms. The van der Waals surface area contributed by atoms with Crippen molar-refractivity contribution >= 4 is 0 Å². The Bertz CT molecular complexity index is 882. The third-order valence-electron chi connectivity index (χ3n) is 12.0. The first kappa shape index (κ1) is 26.5. The fourth-order valence-corrected chi connectivity index (χ4v) is 10.1. The lowest BCUT2D eigenvalue weighted by molar-refractivity contribution is -0.155. The molecule has 1 N–H and O–H groups in total. The molecule has 2 nitrogen and oxygen atoms in total. The van der Waals surface area contributed by atoms with E-state index < -0.39 is 6.10 Å². The lowest BCUT2D eigenvalue weighted by atomic mass is 9.44. The van der Waals surface area contributed by atoms with Gasteiger partial charge in [0.15, 0.2) is 0 Å². The molecule has 0 saturated heterocycles. The van der Waals surface area contributed by atoms with Gasteiger partial charge in [0.1, 0.15) is 17.7 Å². The zero-order chi connectivity index (χ0) is 25.7. The number of benzene rings is 1. The number of halogens is 1. The van der Waals surface area contributed by atoms with Gasteiger partial charge in [-0.05, 0) is 128 Å². The van der Waals surface area contributed by atoms with Gasteiger partial charge in [-0.15, -0.1) is 0 Å². The molecule has 4 saturated carbocycles. The van der Waals surface area contributed by atoms with Crippen molar-refractivity contribution in [3.63, 3.8) is 0 Å². The third-order valence-corrected chi connectivity index (χ3v) is 12.0. The monoisotopic (exact) mass is 498 g/mol. The second kappa shape index (κ2) is 10.2. The Morgan fingerprint density at radius 3 is 2.39 bits per heavy atom. The van der Waals surface area contributed by atoms with Gasteiger partial charge < -0.3 is 9.84 Å². The van der Waals surface area contributed by atoms with Crippen LogP contribution in [0.4, 0.5) is 4.39 Å². The SMILES string of the molecule is CC(C)CCC[C@@H](C)[C@H]1CC[C@H]2[C@@H]3CC[C@H]4C[C@H](O)[C@H](Oc5ccc(F)cc5)C[C@]4(C)[C@H]3CC[C@]12C. The number of fused-ring (bicyclic) bond motifs is 5. The number of aliphatic hydroxyl groups is 1. The molecule has 5 rings (SSSR count). The fraction of sp³-hybridized carbons (Fsp3) is 0.818. The van der Waals surface area contributed by atoms with Crippen LogP contribution in [0.25, 0.3) is 0 Å². The fourth-order valence-electron chi connectivity index (χ4n) is 10.1. The zero-order valence-corrected chi connectivity index (χ0v) is 23.5. The van der Waals surface area contributed by atoms with Gasteiger partial charge in [0.25, 0.3) is 0 Å². The summed E-state index contributed by atoms with van der Waals surface area (Å²) in [6.45, 7) is 12.5. The zero-order valence-electron chi connectivity index (χ0n) is 23.5. The number of hydrogen-bond acceptors (Lipinski definition) is 2. The molecule has 4 fully saturated rings. The number of ether oxygens (including phenoxy) is 1. The summed E-state index contributed by atoms with van der Waals surface area (Å²) in [5.41, 5.74) is 0.745. The second-order valence-corrected chi connectivity index (χ2v) is 14.3. The van der Waals surface area contributed by atoms with Crippen LogP contribution in [0.5, 0.6) is 5.75 Å². The molecule has 0 aliphatic heterocycles. The number of hydrogen-bond donors (Lipinski definition) is 1. The van der Waals surface area contributed by atoms with Crippen LogP contribution in [0.1, 0.15) is 105 Å². The van der Waals surface area contributed by atoms with Gasteiger partial charge in [-0.2, -0.15) is 0 Å². The molecular weight excluding hydrogens is 447 g/mol. The van der Waals surface area contributed by atoms with Gasteiger partial charge in [-0.25, -0.2) is 4.39 Å². The molecule has 0 radical (unpaired) electrons. The minimum atomic E-state index is -0.430. The molecule has 4 aliphatic carbocycles. The average Bonchev–Trinajstić information content (AvgIpc) is 3.18. The third kappa shape index (κ3) is 4.76. The first-order valence-corrected chi connectivity index (χ1v) is 15.2. The Balaban J connectivity index is 1.30. The van der Waals surface area contributed by atoms with E-state index in [0.717, 1.165) is 48.3 Å². The molecule has 10 atom stereocenters. The van der Waals surface area contributed by atoms with E-state index in [0.29, 0.717) is 17.1 Å². The number of aliphatic hydroxyl groups excluding tert-OH is 1. The van der Waals surface area contributed by atoms with E-state index in [1.807, 2.05) is 0 Å². The summed E-state index contributed by atoms with van der Waals surface area (Å²) < 4.78 is 19.7. The summed E-state index contributed by atoms with van der Waals surface area (Å²) in [4.78, 5) is 0. The maximum atomic E-state index is 13.4. The van der Waals surface area contributed by atoms with Crippen LogP contribution in [-0.2, 0) is 0 Å². The van der Waals surface area contributed by atoms with Gasteiger partial charge in [0.05, 0.1) is 6.10 Å². The standard InChI is InChI=1S/C33H51FO2/c1-21(2)7-6-8-22(3)27-15-16-28-26-14-9-23-19-30(35)31(36-25-12-10-24(34)11-13-25)20-33(23,5)29(26)17-18-32(27,28)4/h10-13,21-23,26-31,35H,6-9,14-20H2,1-5H3/t22-,23+,26+,27-,28+,29+,30+,31-,32-,33+/m1/s1. The van der Waals surface area contributed by atoms with E-state index in [9.17, 15) is 9.50 Å². The Hall–Kier alpha value is -1.09. The Morgan fingerprint density at radius 1 is 0.944 bits per heavy atom. The smallest absolute Gasteiger partial charge is 0.125 e. The lowest BCUT2D eigenvalue weighted by Gasteiger charge is -2.62. The van der Waals surface area contributed by atoms with Crippen LogP contribution < -0.4 is 4.74 Å². The van der Waals surface area contributed by atoms with Gasteiger partial charge >= 0.3 is 0 Å². The molecule has 0 heterocycles. The van der Waals surface area contributed by atoms with Crippen molar-refractivity contribution in [2.24, 2.45) is 52.3 Å². The van der Waals surface area contributed by atoms with Crippen LogP contribution in [0.3, 0.4) is 0 Å². The van der Waals surface area contributed by atoms with Gasteiger partial charge in [0, 0.05) is 0 Å². The van der Waals surface area contributed by atoms with E-state index in [1.165, 1.54) is 69.9 Å². The highest BCUT2D eigenvalue weighted by Gasteiger charge is 2.61. The van der Waals surface area contributed by atoms with Gasteiger partial charge in [0.2, 0.25) is 0 Å². The molecular formula is C33H51FO2. The van der Waals surface area contributed by atoms with Gasteiger partial charge in [-0.1, -0.05) is 53.9 Å². The number of rotatable bonds is 7. The molecule has 0 bridgehead atoms. The predicted molar refractivity (Wildman–Crippen MR) is 145 cm³/mol. The van der Waals surface area contributed by atoms with Crippen LogP contribution in [0.2, 0.25) is 0 Å². The van der Waals surface area contributed by atoms with Crippen molar-refractivity contribution in [3.05, 3.63) is 30.1 Å². The molecule has 0 amide bonds. The van der Waals surface area contributed by atoms with E-state index >= 15 is 0 Å². The second-order valence-electron chi connectivity index (χ2n) is 14.3. The van der Waals surface area contributed by atoms with E-state index in [4.69, 9.17) is 4.74 Å². The van der Waals surface area contributed by atoms with Crippen LogP contribution >= 0.6 is 0 Å². The maximum absolute atomic E-state index is 13.4. The van der Waals surface area contributed by atoms with Crippen molar-refractivity contribution in [1.82, 2.24) is 0 Å². The average molecular weight is 499 g/mol. The minimum absolute atomic E-state index is 0.193. The van der Waals surface area contributed by atoms with Crippen LogP contribution in [0.15, 0.2) is 24.3 Å². The highest BCUT2D eigenvalue weighted by Crippen LogP contribution is 2.68. The van der Waals surface area contributed by atoms with Crippen molar-refractivity contribution < 1.29 is 14.2 Å². The summed E-state index contributed by atoms with van der Waals surface area (Å²) in [6.07, 6.45) is 13.5. The minimum Gasteiger partial charge on any atom is -0.488 e. The molecule has 1 aromatic carbocycles. The molecule has 202 valence electrons. The van der Waals surface area contributed by atoms with Crippen molar-refractivity contribution in [3.8, 4) is 5.75 Å². The first-order valence-electron chi connectivity index (χ1n) is 15.2. The maximum Gasteiger partial charge on any atom is 0.125 e. The Labute approximate surface area is 219 Å². The van der Waals surface area contributed by atoms with E-state index in [2.05, 4.69) is 34.6 Å². The largest absolute Gasteiger partial charge is 0.488 e. The molecule has 1 aromatic rings. The highest BCUT2D eigenvalue weighted by atomic mass is 19.1.